The molecule has 1 saturated heterocycles. The van der Waals surface area contributed by atoms with Gasteiger partial charge in [-0.3, -0.25) is 9.59 Å². The van der Waals surface area contributed by atoms with Gasteiger partial charge in [-0.1, -0.05) is 0 Å². The van der Waals surface area contributed by atoms with E-state index in [9.17, 15) is 14.7 Å². The maximum Gasteiger partial charge on any atom is 0.303 e. The van der Waals surface area contributed by atoms with E-state index in [1.54, 1.807) is 11.8 Å². The lowest BCUT2D eigenvalue weighted by atomic mass is 9.93. The Bertz CT molecular complexity index is 265. The van der Waals surface area contributed by atoms with E-state index in [2.05, 4.69) is 0 Å². The molecule has 1 fully saturated rings. The van der Waals surface area contributed by atoms with Crippen molar-refractivity contribution < 1.29 is 19.8 Å². The van der Waals surface area contributed by atoms with Gasteiger partial charge in [0.05, 0.1) is 5.60 Å². The van der Waals surface area contributed by atoms with Crippen LogP contribution in [0, 0.1) is 0 Å². The van der Waals surface area contributed by atoms with Gasteiger partial charge in [-0.05, 0) is 26.2 Å². The molecule has 5 nitrogen and oxygen atoms in total. The van der Waals surface area contributed by atoms with Gasteiger partial charge >= 0.3 is 5.97 Å². The number of carbonyl (C=O) groups excluding carboxylic acids is 1. The fraction of sp³-hybridized carbons (Fsp3) is 0.818. The summed E-state index contributed by atoms with van der Waals surface area (Å²) in [5, 5.41) is 18.2. The molecular weight excluding hydrogens is 210 g/mol. The molecule has 0 aromatic carbocycles. The van der Waals surface area contributed by atoms with Crippen LogP contribution in [0.15, 0.2) is 0 Å². The Labute approximate surface area is 95.1 Å². The van der Waals surface area contributed by atoms with Gasteiger partial charge in [0.1, 0.15) is 0 Å². The number of carboxylic acids is 1. The molecule has 0 unspecified atom stereocenters. The van der Waals surface area contributed by atoms with Crippen molar-refractivity contribution in [1.82, 2.24) is 4.90 Å². The van der Waals surface area contributed by atoms with Gasteiger partial charge in [0.15, 0.2) is 0 Å². The number of likely N-dealkylation sites (tertiary alicyclic amines) is 1. The van der Waals surface area contributed by atoms with Crippen LogP contribution in [0.25, 0.3) is 0 Å². The topological polar surface area (TPSA) is 77.8 Å². The van der Waals surface area contributed by atoms with Crippen molar-refractivity contribution in [2.75, 3.05) is 13.1 Å². The Hall–Kier alpha value is -1.10. The van der Waals surface area contributed by atoms with E-state index in [4.69, 9.17) is 5.11 Å². The average molecular weight is 229 g/mol. The summed E-state index contributed by atoms with van der Waals surface area (Å²) < 4.78 is 0. The first-order chi connectivity index (χ1) is 7.41. The van der Waals surface area contributed by atoms with Crippen LogP contribution in [0.2, 0.25) is 0 Å². The average Bonchev–Trinajstić information content (AvgIpc) is 2.16. The molecule has 1 aliphatic heterocycles. The standard InChI is InChI=1S/C11H19NO4/c1-11(16)5-7-12(8-6-11)9(13)3-2-4-10(14)15/h16H,2-8H2,1H3,(H,14,15). The third-order valence-electron chi connectivity index (χ3n) is 2.97. The van der Waals surface area contributed by atoms with Crippen molar-refractivity contribution in [3.63, 3.8) is 0 Å². The zero-order chi connectivity index (χ0) is 12.2. The number of rotatable bonds is 4. The predicted molar refractivity (Wildman–Crippen MR) is 57.9 cm³/mol. The number of aliphatic hydroxyl groups is 1. The predicted octanol–water partition coefficient (Wildman–Crippen LogP) is 0.615. The number of amides is 1. The highest BCUT2D eigenvalue weighted by Gasteiger charge is 2.29. The van der Waals surface area contributed by atoms with Crippen molar-refractivity contribution in [2.24, 2.45) is 0 Å². The fourth-order valence-corrected chi connectivity index (χ4v) is 1.79. The van der Waals surface area contributed by atoms with Crippen LogP contribution in [0.5, 0.6) is 0 Å². The zero-order valence-corrected chi connectivity index (χ0v) is 9.61. The third kappa shape index (κ3) is 4.18. The third-order valence-corrected chi connectivity index (χ3v) is 2.97. The molecule has 92 valence electrons. The first-order valence-corrected chi connectivity index (χ1v) is 5.63. The Morgan fingerprint density at radius 2 is 1.81 bits per heavy atom. The first-order valence-electron chi connectivity index (χ1n) is 5.63. The van der Waals surface area contributed by atoms with Gasteiger partial charge in [-0.25, -0.2) is 0 Å². The smallest absolute Gasteiger partial charge is 0.303 e. The molecule has 1 rings (SSSR count). The number of carboxylic acid groups (broad SMARTS) is 1. The van der Waals surface area contributed by atoms with Crippen molar-refractivity contribution in [3.8, 4) is 0 Å². The van der Waals surface area contributed by atoms with Crippen LogP contribution in [-0.2, 0) is 9.59 Å². The number of carbonyl (C=O) groups is 2. The van der Waals surface area contributed by atoms with Crippen LogP contribution in [-0.4, -0.2) is 45.7 Å². The van der Waals surface area contributed by atoms with Gasteiger partial charge < -0.3 is 15.1 Å². The summed E-state index contributed by atoms with van der Waals surface area (Å²) in [4.78, 5) is 23.6. The van der Waals surface area contributed by atoms with E-state index in [0.717, 1.165) is 0 Å². The Balaban J connectivity index is 2.25. The van der Waals surface area contributed by atoms with Crippen molar-refractivity contribution >= 4 is 11.9 Å². The largest absolute Gasteiger partial charge is 0.481 e. The second-order valence-electron chi connectivity index (χ2n) is 4.63. The Morgan fingerprint density at radius 1 is 1.25 bits per heavy atom. The molecule has 1 amide bonds. The van der Waals surface area contributed by atoms with Gasteiger partial charge in [0, 0.05) is 25.9 Å². The van der Waals surface area contributed by atoms with Crippen molar-refractivity contribution in [2.45, 2.75) is 44.6 Å². The number of hydrogen-bond acceptors (Lipinski definition) is 3. The first kappa shape index (κ1) is 13.0. The molecule has 0 atom stereocenters. The monoisotopic (exact) mass is 229 g/mol. The maximum absolute atomic E-state index is 11.6. The van der Waals surface area contributed by atoms with Gasteiger partial charge in [0.2, 0.25) is 5.91 Å². The number of aliphatic carboxylic acids is 1. The van der Waals surface area contributed by atoms with Crippen molar-refractivity contribution in [3.05, 3.63) is 0 Å². The highest BCUT2D eigenvalue weighted by Crippen LogP contribution is 2.21. The summed E-state index contributed by atoms with van der Waals surface area (Å²) >= 11 is 0. The van der Waals surface area contributed by atoms with E-state index in [-0.39, 0.29) is 18.7 Å². The van der Waals surface area contributed by atoms with Gasteiger partial charge in [0.25, 0.3) is 0 Å². The lowest BCUT2D eigenvalue weighted by Gasteiger charge is -2.35. The van der Waals surface area contributed by atoms with E-state index in [0.29, 0.717) is 32.4 Å². The lowest BCUT2D eigenvalue weighted by molar-refractivity contribution is -0.137. The van der Waals surface area contributed by atoms with Crippen LogP contribution in [0.1, 0.15) is 39.0 Å². The molecule has 16 heavy (non-hydrogen) atoms. The van der Waals surface area contributed by atoms with Crippen molar-refractivity contribution in [1.29, 1.82) is 0 Å². The summed E-state index contributed by atoms with van der Waals surface area (Å²) in [6.07, 6.45) is 1.90. The quantitative estimate of drug-likeness (QED) is 0.740. The zero-order valence-electron chi connectivity index (χ0n) is 9.61. The summed E-state index contributed by atoms with van der Waals surface area (Å²) in [7, 11) is 0. The molecule has 0 saturated carbocycles. The Kier molecular flexibility index (Phi) is 4.29. The summed E-state index contributed by atoms with van der Waals surface area (Å²) in [5.41, 5.74) is -0.655. The van der Waals surface area contributed by atoms with E-state index in [1.807, 2.05) is 0 Å². The summed E-state index contributed by atoms with van der Waals surface area (Å²) in [5.74, 6) is -0.869. The van der Waals surface area contributed by atoms with Gasteiger partial charge in [-0.15, -0.1) is 0 Å². The number of piperidine rings is 1. The number of nitrogens with zero attached hydrogens (tertiary/aromatic N) is 1. The molecule has 1 heterocycles. The highest BCUT2D eigenvalue weighted by molar-refractivity contribution is 5.77. The molecule has 0 aromatic heterocycles. The van der Waals surface area contributed by atoms with E-state index >= 15 is 0 Å². The molecular formula is C11H19NO4. The minimum absolute atomic E-state index is 0.00301. The second-order valence-corrected chi connectivity index (χ2v) is 4.63. The van der Waals surface area contributed by atoms with E-state index in [1.165, 1.54) is 0 Å². The fourth-order valence-electron chi connectivity index (χ4n) is 1.79. The Morgan fingerprint density at radius 3 is 2.31 bits per heavy atom. The molecule has 5 heteroatoms. The van der Waals surface area contributed by atoms with Crippen LogP contribution in [0.3, 0.4) is 0 Å². The number of hydrogen-bond donors (Lipinski definition) is 2. The molecule has 0 aliphatic carbocycles. The molecule has 1 aliphatic rings. The second kappa shape index (κ2) is 5.30. The maximum atomic E-state index is 11.6. The molecule has 0 aromatic rings. The summed E-state index contributed by atoms with van der Waals surface area (Å²) in [6, 6.07) is 0. The summed E-state index contributed by atoms with van der Waals surface area (Å²) in [6.45, 7) is 2.91. The van der Waals surface area contributed by atoms with Gasteiger partial charge in [-0.2, -0.15) is 0 Å². The van der Waals surface area contributed by atoms with Crippen LogP contribution < -0.4 is 0 Å². The molecule has 0 bridgehead atoms. The SMILES string of the molecule is CC1(O)CCN(C(=O)CCCC(=O)O)CC1. The molecule has 0 spiro atoms. The van der Waals surface area contributed by atoms with E-state index < -0.39 is 11.6 Å². The minimum atomic E-state index is -0.866. The molecule has 2 N–H and O–H groups in total. The minimum Gasteiger partial charge on any atom is -0.481 e. The van der Waals surface area contributed by atoms with Crippen LogP contribution >= 0.6 is 0 Å². The molecule has 0 radical (unpaired) electrons. The normalized spacial score (nSPS) is 19.5. The van der Waals surface area contributed by atoms with Crippen LogP contribution in [0.4, 0.5) is 0 Å². The lowest BCUT2D eigenvalue weighted by Crippen LogP contribution is -2.45. The highest BCUT2D eigenvalue weighted by atomic mass is 16.4.